The number of nitrogens with one attached hydrogen (secondary N) is 2. The van der Waals surface area contributed by atoms with Gasteiger partial charge in [0.2, 0.25) is 0 Å². The number of benzene rings is 2. The van der Waals surface area contributed by atoms with Gasteiger partial charge in [-0.15, -0.1) is 0 Å². The molecule has 1 amide bonds. The van der Waals surface area contributed by atoms with E-state index in [1.807, 2.05) is 67.6 Å². The molecule has 4 rings (SSSR count). The summed E-state index contributed by atoms with van der Waals surface area (Å²) in [6, 6.07) is 21.7. The molecule has 27 heavy (non-hydrogen) atoms. The summed E-state index contributed by atoms with van der Waals surface area (Å²) in [5.74, 6) is 1.05. The maximum absolute atomic E-state index is 12.8. The van der Waals surface area contributed by atoms with Crippen LogP contribution in [0, 0.1) is 0 Å². The highest BCUT2D eigenvalue weighted by atomic mass is 16.1. The zero-order valence-electron chi connectivity index (χ0n) is 15.2. The van der Waals surface area contributed by atoms with Crippen LogP contribution in [0.2, 0.25) is 0 Å². The first kappa shape index (κ1) is 17.2. The summed E-state index contributed by atoms with van der Waals surface area (Å²) in [5.41, 5.74) is 2.32. The van der Waals surface area contributed by atoms with E-state index in [0.717, 1.165) is 24.0 Å². The first-order chi connectivity index (χ1) is 13.2. The summed E-state index contributed by atoms with van der Waals surface area (Å²) >= 11 is 0. The molecule has 1 saturated carbocycles. The number of carbonyl (C=O) groups excluding carboxylic acids is 1. The SMILES string of the molecule is CC(NC(=O)c1cc(NC2CC2)nc(-c2ccccc2)n1)c1ccccc1. The molecule has 5 nitrogen and oxygen atoms in total. The smallest absolute Gasteiger partial charge is 0.270 e. The van der Waals surface area contributed by atoms with E-state index < -0.39 is 0 Å². The van der Waals surface area contributed by atoms with Gasteiger partial charge in [-0.05, 0) is 25.3 Å². The largest absolute Gasteiger partial charge is 0.367 e. The Kier molecular flexibility index (Phi) is 4.83. The Hall–Kier alpha value is -3.21. The second kappa shape index (κ2) is 7.58. The van der Waals surface area contributed by atoms with Gasteiger partial charge in [0.1, 0.15) is 11.5 Å². The molecule has 1 aliphatic rings. The molecule has 0 saturated heterocycles. The van der Waals surface area contributed by atoms with Gasteiger partial charge in [0.05, 0.1) is 6.04 Å². The number of amides is 1. The van der Waals surface area contributed by atoms with Crippen LogP contribution in [0.15, 0.2) is 66.7 Å². The van der Waals surface area contributed by atoms with E-state index in [0.29, 0.717) is 23.4 Å². The van der Waals surface area contributed by atoms with Gasteiger partial charge < -0.3 is 10.6 Å². The number of anilines is 1. The monoisotopic (exact) mass is 358 g/mol. The van der Waals surface area contributed by atoms with Gasteiger partial charge in [0, 0.05) is 17.7 Å². The van der Waals surface area contributed by atoms with Crippen LogP contribution in [0.25, 0.3) is 11.4 Å². The molecule has 2 aromatic carbocycles. The summed E-state index contributed by atoms with van der Waals surface area (Å²) in [4.78, 5) is 22.0. The highest BCUT2D eigenvalue weighted by molar-refractivity contribution is 5.93. The lowest BCUT2D eigenvalue weighted by Crippen LogP contribution is -2.28. The molecule has 0 aliphatic heterocycles. The van der Waals surface area contributed by atoms with Crippen molar-refractivity contribution in [3.8, 4) is 11.4 Å². The van der Waals surface area contributed by atoms with Crippen LogP contribution in [0.1, 0.15) is 41.9 Å². The van der Waals surface area contributed by atoms with Crippen LogP contribution in [0.5, 0.6) is 0 Å². The van der Waals surface area contributed by atoms with Crippen LogP contribution in [0.4, 0.5) is 5.82 Å². The van der Waals surface area contributed by atoms with Crippen molar-refractivity contribution in [2.45, 2.75) is 31.8 Å². The number of aromatic nitrogens is 2. The van der Waals surface area contributed by atoms with Gasteiger partial charge in [-0.3, -0.25) is 4.79 Å². The molecule has 1 aliphatic carbocycles. The third kappa shape index (κ3) is 4.31. The lowest BCUT2D eigenvalue weighted by atomic mass is 10.1. The van der Waals surface area contributed by atoms with Crippen molar-refractivity contribution in [3.05, 3.63) is 78.0 Å². The van der Waals surface area contributed by atoms with E-state index in [4.69, 9.17) is 0 Å². The van der Waals surface area contributed by atoms with Gasteiger partial charge in [-0.2, -0.15) is 0 Å². The van der Waals surface area contributed by atoms with Crippen LogP contribution in [-0.4, -0.2) is 21.9 Å². The van der Waals surface area contributed by atoms with E-state index in [-0.39, 0.29) is 11.9 Å². The molecule has 0 radical (unpaired) electrons. The van der Waals surface area contributed by atoms with Gasteiger partial charge in [-0.25, -0.2) is 9.97 Å². The van der Waals surface area contributed by atoms with Crippen molar-refractivity contribution in [1.82, 2.24) is 15.3 Å². The lowest BCUT2D eigenvalue weighted by Gasteiger charge is -2.15. The Bertz CT molecular complexity index is 924. The molecular formula is C22H22N4O. The predicted octanol–water partition coefficient (Wildman–Crippen LogP) is 4.21. The molecule has 1 unspecified atom stereocenters. The molecule has 2 N–H and O–H groups in total. The maximum atomic E-state index is 12.8. The van der Waals surface area contributed by atoms with Crippen molar-refractivity contribution < 1.29 is 4.79 Å². The number of nitrogens with zero attached hydrogens (tertiary/aromatic N) is 2. The molecule has 1 heterocycles. The minimum absolute atomic E-state index is 0.103. The van der Waals surface area contributed by atoms with Gasteiger partial charge >= 0.3 is 0 Å². The molecule has 1 atom stereocenters. The summed E-state index contributed by atoms with van der Waals surface area (Å²) in [5, 5.41) is 6.41. The zero-order chi connectivity index (χ0) is 18.6. The number of hydrogen-bond acceptors (Lipinski definition) is 4. The second-order valence-corrected chi connectivity index (χ2v) is 6.85. The van der Waals surface area contributed by atoms with E-state index in [2.05, 4.69) is 20.6 Å². The number of hydrogen-bond donors (Lipinski definition) is 2. The van der Waals surface area contributed by atoms with Crippen LogP contribution < -0.4 is 10.6 Å². The zero-order valence-corrected chi connectivity index (χ0v) is 15.2. The Morgan fingerprint density at radius 1 is 1.00 bits per heavy atom. The quantitative estimate of drug-likeness (QED) is 0.693. The average molecular weight is 358 g/mol. The third-order valence-corrected chi connectivity index (χ3v) is 4.57. The van der Waals surface area contributed by atoms with E-state index >= 15 is 0 Å². The fourth-order valence-electron chi connectivity index (χ4n) is 2.89. The topological polar surface area (TPSA) is 66.9 Å². The second-order valence-electron chi connectivity index (χ2n) is 6.85. The molecular weight excluding hydrogens is 336 g/mol. The van der Waals surface area contributed by atoms with Crippen LogP contribution in [0.3, 0.4) is 0 Å². The molecule has 3 aromatic rings. The van der Waals surface area contributed by atoms with Crippen LogP contribution >= 0.6 is 0 Å². The van der Waals surface area contributed by atoms with Crippen molar-refractivity contribution >= 4 is 11.7 Å². The normalized spacial score (nSPS) is 14.4. The predicted molar refractivity (Wildman–Crippen MR) is 106 cm³/mol. The van der Waals surface area contributed by atoms with Crippen molar-refractivity contribution in [3.63, 3.8) is 0 Å². The minimum atomic E-state index is -0.204. The Labute approximate surface area is 158 Å². The number of rotatable bonds is 6. The Morgan fingerprint density at radius 2 is 1.67 bits per heavy atom. The molecule has 5 heteroatoms. The van der Waals surface area contributed by atoms with Crippen molar-refractivity contribution in [2.75, 3.05) is 5.32 Å². The average Bonchev–Trinajstić information content (AvgIpc) is 3.53. The summed E-state index contributed by atoms with van der Waals surface area (Å²) in [6.07, 6.45) is 2.27. The van der Waals surface area contributed by atoms with E-state index in [1.165, 1.54) is 0 Å². The molecule has 136 valence electrons. The lowest BCUT2D eigenvalue weighted by molar-refractivity contribution is 0.0935. The minimum Gasteiger partial charge on any atom is -0.367 e. The molecule has 1 aromatic heterocycles. The first-order valence-corrected chi connectivity index (χ1v) is 9.26. The summed E-state index contributed by atoms with van der Waals surface area (Å²) in [7, 11) is 0. The maximum Gasteiger partial charge on any atom is 0.270 e. The Morgan fingerprint density at radius 3 is 2.33 bits per heavy atom. The third-order valence-electron chi connectivity index (χ3n) is 4.57. The highest BCUT2D eigenvalue weighted by Gasteiger charge is 2.23. The standard InChI is InChI=1S/C22H22N4O/c1-15(16-8-4-2-5-9-16)23-22(27)19-14-20(24-18-12-13-18)26-21(25-19)17-10-6-3-7-11-17/h2-11,14-15,18H,12-13H2,1H3,(H,23,27)(H,24,25,26). The summed E-state index contributed by atoms with van der Waals surface area (Å²) in [6.45, 7) is 1.97. The number of carbonyl (C=O) groups is 1. The first-order valence-electron chi connectivity index (χ1n) is 9.26. The molecule has 0 bridgehead atoms. The van der Waals surface area contributed by atoms with Gasteiger partial charge in [-0.1, -0.05) is 60.7 Å². The fraction of sp³-hybridized carbons (Fsp3) is 0.227. The molecule has 1 fully saturated rings. The van der Waals surface area contributed by atoms with Crippen LogP contribution in [-0.2, 0) is 0 Å². The van der Waals surface area contributed by atoms with Gasteiger partial charge in [0.25, 0.3) is 5.91 Å². The van der Waals surface area contributed by atoms with Gasteiger partial charge in [0.15, 0.2) is 5.82 Å². The highest BCUT2D eigenvalue weighted by Crippen LogP contribution is 2.25. The van der Waals surface area contributed by atoms with E-state index in [1.54, 1.807) is 6.07 Å². The molecule has 0 spiro atoms. The van der Waals surface area contributed by atoms with Crippen molar-refractivity contribution in [1.29, 1.82) is 0 Å². The summed E-state index contributed by atoms with van der Waals surface area (Å²) < 4.78 is 0. The fourth-order valence-corrected chi connectivity index (χ4v) is 2.89. The van der Waals surface area contributed by atoms with Crippen molar-refractivity contribution in [2.24, 2.45) is 0 Å². The van der Waals surface area contributed by atoms with E-state index in [9.17, 15) is 4.79 Å². The Balaban J connectivity index is 1.61.